The van der Waals surface area contributed by atoms with E-state index in [1.807, 2.05) is 12.1 Å². The normalized spacial score (nSPS) is 13.7. The number of aromatic nitrogens is 2. The van der Waals surface area contributed by atoms with Crippen LogP contribution in [0.5, 0.6) is 0 Å². The lowest BCUT2D eigenvalue weighted by atomic mass is 10.1. The van der Waals surface area contributed by atoms with Gasteiger partial charge in [-0.15, -0.1) is 0 Å². The number of fused-ring (bicyclic) bond motifs is 1. The van der Waals surface area contributed by atoms with Gasteiger partial charge in [0.05, 0.1) is 5.69 Å². The fourth-order valence-corrected chi connectivity index (χ4v) is 3.74. The van der Waals surface area contributed by atoms with Crippen LogP contribution in [0.15, 0.2) is 48.5 Å². The maximum Gasteiger partial charge on any atom is 0.269 e. The maximum atomic E-state index is 12.5. The lowest BCUT2D eigenvalue weighted by Gasteiger charge is -2.10. The smallest absolute Gasteiger partial charge is 0.269 e. The highest BCUT2D eigenvalue weighted by molar-refractivity contribution is 6.35. The topological polar surface area (TPSA) is 57.8 Å². The molecule has 0 saturated carbocycles. The summed E-state index contributed by atoms with van der Waals surface area (Å²) >= 11 is 12.1. The number of H-pyrrole nitrogens is 1. The van der Waals surface area contributed by atoms with Crippen LogP contribution in [0.4, 0.5) is 0 Å². The van der Waals surface area contributed by atoms with Gasteiger partial charge in [0.2, 0.25) is 0 Å². The van der Waals surface area contributed by atoms with Gasteiger partial charge in [-0.3, -0.25) is 9.89 Å². The minimum Gasteiger partial charge on any atom is -0.347 e. The van der Waals surface area contributed by atoms with Gasteiger partial charge in [0.1, 0.15) is 5.69 Å². The number of halogens is 2. The van der Waals surface area contributed by atoms with E-state index in [1.165, 1.54) is 11.1 Å². The highest BCUT2D eigenvalue weighted by atomic mass is 35.5. The van der Waals surface area contributed by atoms with Crippen molar-refractivity contribution in [3.8, 4) is 11.3 Å². The van der Waals surface area contributed by atoms with Gasteiger partial charge in [-0.25, -0.2) is 0 Å². The molecule has 25 heavy (non-hydrogen) atoms. The molecule has 126 valence electrons. The summed E-state index contributed by atoms with van der Waals surface area (Å²) in [5, 5.41) is 11.1. The zero-order valence-electron chi connectivity index (χ0n) is 13.2. The lowest BCUT2D eigenvalue weighted by Crippen LogP contribution is -2.35. The van der Waals surface area contributed by atoms with Crippen molar-refractivity contribution in [2.45, 2.75) is 18.9 Å². The number of nitrogens with one attached hydrogen (secondary N) is 2. The Labute approximate surface area is 155 Å². The molecule has 0 saturated heterocycles. The second kappa shape index (κ2) is 6.54. The molecular formula is C19H15Cl2N3O. The Bertz CT molecular complexity index is 906. The van der Waals surface area contributed by atoms with Crippen molar-refractivity contribution in [3.63, 3.8) is 0 Å². The number of rotatable bonds is 3. The second-order valence-corrected chi connectivity index (χ2v) is 7.05. The Hall–Kier alpha value is -2.30. The van der Waals surface area contributed by atoms with Gasteiger partial charge >= 0.3 is 0 Å². The van der Waals surface area contributed by atoms with Crippen LogP contribution in [0.25, 0.3) is 11.3 Å². The van der Waals surface area contributed by atoms with E-state index < -0.39 is 0 Å². The van der Waals surface area contributed by atoms with E-state index in [2.05, 4.69) is 27.6 Å². The first-order chi connectivity index (χ1) is 12.1. The van der Waals surface area contributed by atoms with Crippen LogP contribution in [-0.2, 0) is 12.8 Å². The number of amides is 1. The van der Waals surface area contributed by atoms with Crippen LogP contribution < -0.4 is 5.32 Å². The Morgan fingerprint density at radius 2 is 1.68 bits per heavy atom. The fraction of sp³-hybridized carbons (Fsp3) is 0.158. The Kier molecular flexibility index (Phi) is 4.24. The summed E-state index contributed by atoms with van der Waals surface area (Å²) in [5.41, 5.74) is 4.41. The summed E-state index contributed by atoms with van der Waals surface area (Å²) in [6.07, 6.45) is 1.71. The van der Waals surface area contributed by atoms with Gasteiger partial charge < -0.3 is 5.32 Å². The van der Waals surface area contributed by atoms with E-state index in [0.29, 0.717) is 21.4 Å². The molecule has 0 atom stereocenters. The molecule has 0 fully saturated rings. The average molecular weight is 372 g/mol. The first-order valence-electron chi connectivity index (χ1n) is 7.98. The van der Waals surface area contributed by atoms with Crippen molar-refractivity contribution >= 4 is 29.1 Å². The van der Waals surface area contributed by atoms with Crippen molar-refractivity contribution in [2.24, 2.45) is 0 Å². The largest absolute Gasteiger partial charge is 0.347 e. The van der Waals surface area contributed by atoms with Crippen LogP contribution in [0.2, 0.25) is 10.0 Å². The first kappa shape index (κ1) is 16.2. The molecule has 1 amide bonds. The number of hydrogen-bond donors (Lipinski definition) is 2. The van der Waals surface area contributed by atoms with E-state index in [0.717, 1.165) is 18.4 Å². The summed E-state index contributed by atoms with van der Waals surface area (Å²) in [7, 11) is 0. The third kappa shape index (κ3) is 3.41. The summed E-state index contributed by atoms with van der Waals surface area (Å²) in [6.45, 7) is 0. The molecule has 1 aliphatic carbocycles. The van der Waals surface area contributed by atoms with Crippen LogP contribution in [-0.4, -0.2) is 22.1 Å². The highest BCUT2D eigenvalue weighted by Crippen LogP contribution is 2.26. The molecule has 0 bridgehead atoms. The number of nitrogens with zero attached hydrogens (tertiary/aromatic N) is 1. The SMILES string of the molecule is O=C(NC1Cc2ccccc2C1)c1cc(-c2cc(Cl)cc(Cl)c2)n[nH]1. The molecule has 3 aromatic rings. The molecule has 0 radical (unpaired) electrons. The minimum atomic E-state index is -0.162. The van der Waals surface area contributed by atoms with Gasteiger partial charge in [0.15, 0.2) is 0 Å². The predicted molar refractivity (Wildman–Crippen MR) is 99.1 cm³/mol. The molecule has 0 spiro atoms. The fourth-order valence-electron chi connectivity index (χ4n) is 3.21. The number of carbonyl (C=O) groups excluding carboxylic acids is 1. The third-order valence-corrected chi connectivity index (χ3v) is 4.80. The van der Waals surface area contributed by atoms with E-state index in [-0.39, 0.29) is 11.9 Å². The summed E-state index contributed by atoms with van der Waals surface area (Å²) < 4.78 is 0. The quantitative estimate of drug-likeness (QED) is 0.721. The van der Waals surface area contributed by atoms with E-state index in [9.17, 15) is 4.79 Å². The van der Waals surface area contributed by atoms with Crippen molar-refractivity contribution < 1.29 is 4.79 Å². The van der Waals surface area contributed by atoms with Gasteiger partial charge in [0.25, 0.3) is 5.91 Å². The Morgan fingerprint density at radius 1 is 1.04 bits per heavy atom. The summed E-state index contributed by atoms with van der Waals surface area (Å²) in [5.74, 6) is -0.162. The number of hydrogen-bond acceptors (Lipinski definition) is 2. The second-order valence-electron chi connectivity index (χ2n) is 6.17. The molecule has 1 aromatic heterocycles. The monoisotopic (exact) mass is 371 g/mol. The molecule has 2 aromatic carbocycles. The Balaban J connectivity index is 1.48. The molecule has 6 heteroatoms. The van der Waals surface area contributed by atoms with Gasteiger partial charge in [0, 0.05) is 21.7 Å². The first-order valence-corrected chi connectivity index (χ1v) is 8.73. The van der Waals surface area contributed by atoms with E-state index in [1.54, 1.807) is 24.3 Å². The highest BCUT2D eigenvalue weighted by Gasteiger charge is 2.23. The average Bonchev–Trinajstić information content (AvgIpc) is 3.20. The van der Waals surface area contributed by atoms with E-state index in [4.69, 9.17) is 23.2 Å². The van der Waals surface area contributed by atoms with Crippen molar-refractivity contribution in [2.75, 3.05) is 0 Å². The van der Waals surface area contributed by atoms with Crippen LogP contribution >= 0.6 is 23.2 Å². The molecule has 0 aliphatic heterocycles. The van der Waals surface area contributed by atoms with Gasteiger partial charge in [-0.2, -0.15) is 5.10 Å². The third-order valence-electron chi connectivity index (χ3n) is 4.37. The summed E-state index contributed by atoms with van der Waals surface area (Å²) in [6, 6.07) is 15.3. The molecule has 4 rings (SSSR count). The van der Waals surface area contributed by atoms with Crippen LogP contribution in [0, 0.1) is 0 Å². The van der Waals surface area contributed by atoms with Crippen LogP contribution in [0.1, 0.15) is 21.6 Å². The Morgan fingerprint density at radius 3 is 2.32 bits per heavy atom. The molecular weight excluding hydrogens is 357 g/mol. The molecule has 0 unspecified atom stereocenters. The standard InChI is InChI=1S/C19H15Cl2N3O/c20-14-5-13(6-15(21)9-14)17-10-18(24-23-17)19(25)22-16-7-11-3-1-2-4-12(11)8-16/h1-6,9-10,16H,7-8H2,(H,22,25)(H,23,24). The zero-order chi connectivity index (χ0) is 17.4. The number of aromatic amines is 1. The predicted octanol–water partition coefficient (Wildman–Crippen LogP) is 4.28. The van der Waals surface area contributed by atoms with Gasteiger partial charge in [-0.05, 0) is 48.2 Å². The summed E-state index contributed by atoms with van der Waals surface area (Å²) in [4.78, 5) is 12.5. The van der Waals surface area contributed by atoms with Crippen molar-refractivity contribution in [1.29, 1.82) is 0 Å². The zero-order valence-corrected chi connectivity index (χ0v) is 14.7. The maximum absolute atomic E-state index is 12.5. The molecule has 2 N–H and O–H groups in total. The molecule has 1 aliphatic rings. The van der Waals surface area contributed by atoms with Crippen LogP contribution in [0.3, 0.4) is 0 Å². The molecule has 1 heterocycles. The lowest BCUT2D eigenvalue weighted by molar-refractivity contribution is 0.0933. The minimum absolute atomic E-state index is 0.109. The van der Waals surface area contributed by atoms with Gasteiger partial charge in [-0.1, -0.05) is 47.5 Å². The number of carbonyl (C=O) groups is 1. The molecule has 4 nitrogen and oxygen atoms in total. The number of benzene rings is 2. The van der Waals surface area contributed by atoms with E-state index >= 15 is 0 Å². The van der Waals surface area contributed by atoms with Crippen molar-refractivity contribution in [1.82, 2.24) is 15.5 Å². The van der Waals surface area contributed by atoms with Crippen molar-refractivity contribution in [3.05, 3.63) is 75.4 Å².